The summed E-state index contributed by atoms with van der Waals surface area (Å²) in [6, 6.07) is 19.8. The summed E-state index contributed by atoms with van der Waals surface area (Å²) in [5.74, 6) is -0.241. The molecule has 31 heavy (non-hydrogen) atoms. The lowest BCUT2D eigenvalue weighted by Gasteiger charge is -2.20. The van der Waals surface area contributed by atoms with E-state index in [1.807, 2.05) is 36.4 Å². The van der Waals surface area contributed by atoms with Crippen LogP contribution in [0.2, 0.25) is 0 Å². The van der Waals surface area contributed by atoms with Gasteiger partial charge in [0.1, 0.15) is 0 Å². The molecule has 0 N–H and O–H groups in total. The van der Waals surface area contributed by atoms with Gasteiger partial charge in [0.15, 0.2) is 15.0 Å². The Hall–Kier alpha value is -3.10. The van der Waals surface area contributed by atoms with Gasteiger partial charge >= 0.3 is 0 Å². The van der Waals surface area contributed by atoms with E-state index in [0.29, 0.717) is 11.7 Å². The maximum Gasteiger partial charge on any atom is 0.229 e. The van der Waals surface area contributed by atoms with Crippen molar-refractivity contribution in [2.24, 2.45) is 0 Å². The molecular weight excluding hydrogens is 430 g/mol. The number of hydrogen-bond donors (Lipinski definition) is 0. The Morgan fingerprint density at radius 2 is 1.74 bits per heavy atom. The Morgan fingerprint density at radius 3 is 2.48 bits per heavy atom. The van der Waals surface area contributed by atoms with E-state index >= 15 is 0 Å². The third-order valence-corrected chi connectivity index (χ3v) is 7.66. The molecule has 0 fully saturated rings. The molecule has 6 nitrogen and oxygen atoms in total. The summed E-state index contributed by atoms with van der Waals surface area (Å²) in [7, 11) is -3.42. The minimum atomic E-state index is -3.42. The molecule has 1 amide bonds. The molecule has 0 spiro atoms. The van der Waals surface area contributed by atoms with Crippen molar-refractivity contribution in [2.75, 3.05) is 10.7 Å². The van der Waals surface area contributed by atoms with Gasteiger partial charge in [0.2, 0.25) is 5.91 Å². The molecule has 2 aromatic heterocycles. The van der Waals surface area contributed by atoms with Crippen LogP contribution in [0.3, 0.4) is 0 Å². The predicted octanol–water partition coefficient (Wildman–Crippen LogP) is 4.48. The summed E-state index contributed by atoms with van der Waals surface area (Å²) in [5.41, 5.74) is 1.71. The molecule has 158 valence electrons. The van der Waals surface area contributed by atoms with Crippen molar-refractivity contribution in [3.63, 3.8) is 0 Å². The number of thiazole rings is 1. The first-order valence-corrected chi connectivity index (χ1v) is 12.3. The van der Waals surface area contributed by atoms with Gasteiger partial charge in [0, 0.05) is 18.8 Å². The molecule has 0 atom stereocenters. The largest absolute Gasteiger partial charge is 0.284 e. The highest BCUT2D eigenvalue weighted by Gasteiger charge is 2.21. The monoisotopic (exact) mass is 451 g/mol. The topological polar surface area (TPSA) is 80.2 Å². The molecule has 0 aliphatic heterocycles. The Balaban J connectivity index is 1.51. The molecule has 4 aromatic rings. The summed E-state index contributed by atoms with van der Waals surface area (Å²) in [4.78, 5) is 23.8. The number of aromatic nitrogens is 2. The number of carbonyl (C=O) groups excluding carboxylic acids is 1. The van der Waals surface area contributed by atoms with Crippen LogP contribution in [-0.2, 0) is 21.2 Å². The average molecular weight is 452 g/mol. The fourth-order valence-corrected chi connectivity index (χ4v) is 5.52. The number of sulfone groups is 1. The van der Waals surface area contributed by atoms with Crippen LogP contribution in [0.15, 0.2) is 84.0 Å². The van der Waals surface area contributed by atoms with Gasteiger partial charge in [-0.25, -0.2) is 13.4 Å². The zero-order valence-corrected chi connectivity index (χ0v) is 18.3. The van der Waals surface area contributed by atoms with Gasteiger partial charge < -0.3 is 0 Å². The number of anilines is 1. The highest BCUT2D eigenvalue weighted by atomic mass is 32.2. The lowest BCUT2D eigenvalue weighted by molar-refractivity contribution is -0.118. The molecule has 0 radical (unpaired) electrons. The van der Waals surface area contributed by atoms with Crippen LogP contribution < -0.4 is 4.90 Å². The van der Waals surface area contributed by atoms with Gasteiger partial charge in [-0.3, -0.25) is 14.7 Å². The molecular formula is C23H21N3O3S2. The molecule has 2 heterocycles. The fourth-order valence-electron chi connectivity index (χ4n) is 3.21. The molecule has 0 saturated heterocycles. The summed E-state index contributed by atoms with van der Waals surface area (Å²) >= 11 is 1.44. The smallest absolute Gasteiger partial charge is 0.229 e. The van der Waals surface area contributed by atoms with E-state index < -0.39 is 9.84 Å². The van der Waals surface area contributed by atoms with Gasteiger partial charge in [-0.2, -0.15) is 0 Å². The second-order valence-corrected chi connectivity index (χ2v) is 10.2. The molecule has 0 unspecified atom stereocenters. The Bertz CT molecular complexity index is 1240. The summed E-state index contributed by atoms with van der Waals surface area (Å²) in [6.45, 7) is 0.331. The number of benzene rings is 2. The van der Waals surface area contributed by atoms with Gasteiger partial charge in [0.05, 0.1) is 27.4 Å². The van der Waals surface area contributed by atoms with Crippen molar-refractivity contribution in [3.8, 4) is 0 Å². The van der Waals surface area contributed by atoms with E-state index in [2.05, 4.69) is 9.97 Å². The van der Waals surface area contributed by atoms with Crippen LogP contribution in [-0.4, -0.2) is 30.0 Å². The maximum atomic E-state index is 13.1. The maximum absolute atomic E-state index is 13.1. The zero-order valence-electron chi connectivity index (χ0n) is 16.7. The molecule has 0 aliphatic rings. The number of fused-ring (bicyclic) bond motifs is 1. The van der Waals surface area contributed by atoms with Crippen molar-refractivity contribution in [1.82, 2.24) is 9.97 Å². The zero-order chi connectivity index (χ0) is 21.7. The van der Waals surface area contributed by atoms with Crippen molar-refractivity contribution in [3.05, 3.63) is 84.7 Å². The summed E-state index contributed by atoms with van der Waals surface area (Å²) in [6.07, 6.45) is 3.75. The standard InChI is InChI=1S/C23H21N3O3S2/c27-22(13-7-15-31(28,29)19-9-2-1-3-10-19)26(17-18-8-6-14-24-16-18)23-25-20-11-4-5-12-21(20)30-23/h1-6,8-12,14,16H,7,13,15,17H2. The first-order chi connectivity index (χ1) is 15.0. The van der Waals surface area contributed by atoms with Crippen LogP contribution >= 0.6 is 11.3 Å². The highest BCUT2D eigenvalue weighted by Crippen LogP contribution is 2.30. The van der Waals surface area contributed by atoms with Crippen LogP contribution in [0.4, 0.5) is 5.13 Å². The predicted molar refractivity (Wildman–Crippen MR) is 123 cm³/mol. The molecule has 0 bridgehead atoms. The van der Waals surface area contributed by atoms with E-state index in [1.54, 1.807) is 47.6 Å². The third kappa shape index (κ3) is 5.15. The number of carbonyl (C=O) groups is 1. The molecule has 0 aliphatic carbocycles. The van der Waals surface area contributed by atoms with Crippen LogP contribution in [0.5, 0.6) is 0 Å². The Morgan fingerprint density at radius 1 is 0.968 bits per heavy atom. The van der Waals surface area contributed by atoms with Gasteiger partial charge in [-0.05, 0) is 42.3 Å². The number of pyridine rings is 1. The number of hydrogen-bond acceptors (Lipinski definition) is 6. The SMILES string of the molecule is O=C(CCCS(=O)(=O)c1ccccc1)N(Cc1cccnc1)c1nc2ccccc2s1. The summed E-state index contributed by atoms with van der Waals surface area (Å²) in [5, 5.41) is 0.598. The van der Waals surface area contributed by atoms with E-state index in [-0.39, 0.29) is 29.4 Å². The Labute approximate surface area is 185 Å². The van der Waals surface area contributed by atoms with Crippen LogP contribution in [0, 0.1) is 0 Å². The number of para-hydroxylation sites is 1. The van der Waals surface area contributed by atoms with Gasteiger partial charge in [-0.15, -0.1) is 0 Å². The van der Waals surface area contributed by atoms with E-state index in [0.717, 1.165) is 15.8 Å². The quantitative estimate of drug-likeness (QED) is 0.395. The lowest BCUT2D eigenvalue weighted by atomic mass is 10.2. The van der Waals surface area contributed by atoms with E-state index in [4.69, 9.17) is 0 Å². The molecule has 0 saturated carbocycles. The normalized spacial score (nSPS) is 11.5. The van der Waals surface area contributed by atoms with E-state index in [9.17, 15) is 13.2 Å². The fraction of sp³-hybridized carbons (Fsp3) is 0.174. The number of amides is 1. The lowest BCUT2D eigenvalue weighted by Crippen LogP contribution is -2.30. The van der Waals surface area contributed by atoms with Crippen molar-refractivity contribution in [1.29, 1.82) is 0 Å². The van der Waals surface area contributed by atoms with Crippen molar-refractivity contribution >= 4 is 42.4 Å². The second-order valence-electron chi connectivity index (χ2n) is 7.04. The van der Waals surface area contributed by atoms with Crippen molar-refractivity contribution in [2.45, 2.75) is 24.3 Å². The molecule has 2 aromatic carbocycles. The van der Waals surface area contributed by atoms with Gasteiger partial charge in [-0.1, -0.05) is 47.7 Å². The molecule has 8 heteroatoms. The van der Waals surface area contributed by atoms with E-state index in [1.165, 1.54) is 11.3 Å². The van der Waals surface area contributed by atoms with Crippen LogP contribution in [0.25, 0.3) is 10.2 Å². The average Bonchev–Trinajstić information content (AvgIpc) is 3.22. The van der Waals surface area contributed by atoms with Crippen LogP contribution in [0.1, 0.15) is 18.4 Å². The minimum Gasteiger partial charge on any atom is -0.284 e. The Kier molecular flexibility index (Phi) is 6.39. The number of rotatable bonds is 8. The van der Waals surface area contributed by atoms with Gasteiger partial charge in [0.25, 0.3) is 0 Å². The molecule has 4 rings (SSSR count). The minimum absolute atomic E-state index is 0.0800. The highest BCUT2D eigenvalue weighted by molar-refractivity contribution is 7.91. The third-order valence-electron chi connectivity index (χ3n) is 4.78. The number of nitrogens with zero attached hydrogens (tertiary/aromatic N) is 3. The van der Waals surface area contributed by atoms with Crippen molar-refractivity contribution < 1.29 is 13.2 Å². The first kappa shape index (κ1) is 21.1. The first-order valence-electron chi connectivity index (χ1n) is 9.85. The second kappa shape index (κ2) is 9.36. The summed E-state index contributed by atoms with van der Waals surface area (Å²) < 4.78 is 26.0.